The van der Waals surface area contributed by atoms with Gasteiger partial charge in [-0.25, -0.2) is 0 Å². The number of anilines is 3. The van der Waals surface area contributed by atoms with Gasteiger partial charge in [0.1, 0.15) is 11.2 Å². The normalized spacial score (nSPS) is 11.3. The van der Waals surface area contributed by atoms with E-state index >= 15 is 0 Å². The largest absolute Gasteiger partial charge is 0.456 e. The average molecular weight is 690 g/mol. The van der Waals surface area contributed by atoms with E-state index in [4.69, 9.17) is 4.42 Å². The molecule has 0 saturated carbocycles. The van der Waals surface area contributed by atoms with E-state index in [1.165, 1.54) is 55.3 Å². The van der Waals surface area contributed by atoms with Gasteiger partial charge in [0, 0.05) is 27.7 Å². The Labute approximate surface area is 314 Å². The predicted molar refractivity (Wildman–Crippen MR) is 228 cm³/mol. The Balaban J connectivity index is 1.06. The number of benzene rings is 9. The smallest absolute Gasteiger partial charge is 0.136 e. The molecule has 10 aromatic rings. The molecule has 0 aliphatic heterocycles. The maximum absolute atomic E-state index is 6.41. The lowest BCUT2D eigenvalue weighted by Crippen LogP contribution is -2.11. The molecule has 0 amide bonds. The number of hydrogen-bond acceptors (Lipinski definition) is 2. The molecule has 2 nitrogen and oxygen atoms in total. The highest BCUT2D eigenvalue weighted by Gasteiger charge is 2.19. The van der Waals surface area contributed by atoms with E-state index in [2.05, 4.69) is 217 Å². The summed E-state index contributed by atoms with van der Waals surface area (Å²) in [6, 6.07) is 75.7. The van der Waals surface area contributed by atoms with Crippen LogP contribution in [0.3, 0.4) is 0 Å². The summed E-state index contributed by atoms with van der Waals surface area (Å²) < 4.78 is 6.41. The van der Waals surface area contributed by atoms with Crippen LogP contribution in [-0.4, -0.2) is 0 Å². The summed E-state index contributed by atoms with van der Waals surface area (Å²) in [5.74, 6) is 0. The first-order valence-electron chi connectivity index (χ1n) is 18.4. The molecule has 1 aromatic heterocycles. The van der Waals surface area contributed by atoms with Crippen LogP contribution in [0.5, 0.6) is 0 Å². The van der Waals surface area contributed by atoms with Gasteiger partial charge in [0.05, 0.1) is 5.69 Å². The van der Waals surface area contributed by atoms with Crippen LogP contribution < -0.4 is 4.90 Å². The maximum atomic E-state index is 6.41. The van der Waals surface area contributed by atoms with Gasteiger partial charge in [0.15, 0.2) is 0 Å². The van der Waals surface area contributed by atoms with Crippen LogP contribution in [-0.2, 0) is 0 Å². The van der Waals surface area contributed by atoms with E-state index in [1.807, 2.05) is 0 Å². The first kappa shape index (κ1) is 31.6. The highest BCUT2D eigenvalue weighted by molar-refractivity contribution is 6.23. The summed E-state index contributed by atoms with van der Waals surface area (Å²) in [5.41, 5.74) is 14.6. The summed E-state index contributed by atoms with van der Waals surface area (Å²) in [4.78, 5) is 2.37. The van der Waals surface area contributed by atoms with E-state index in [9.17, 15) is 0 Å². The predicted octanol–water partition coefficient (Wildman–Crippen LogP) is 14.9. The number of rotatable bonds is 7. The molecule has 1 heterocycles. The molecule has 0 fully saturated rings. The maximum Gasteiger partial charge on any atom is 0.136 e. The molecule has 0 unspecified atom stereocenters. The van der Waals surface area contributed by atoms with Crippen molar-refractivity contribution in [3.63, 3.8) is 0 Å². The first-order valence-corrected chi connectivity index (χ1v) is 18.4. The summed E-state index contributed by atoms with van der Waals surface area (Å²) in [6.07, 6.45) is 0. The Morgan fingerprint density at radius 3 is 1.48 bits per heavy atom. The van der Waals surface area contributed by atoms with Crippen molar-refractivity contribution in [1.29, 1.82) is 0 Å². The van der Waals surface area contributed by atoms with E-state index in [0.717, 1.165) is 39.0 Å². The fourth-order valence-electron chi connectivity index (χ4n) is 7.88. The van der Waals surface area contributed by atoms with Crippen LogP contribution in [0.15, 0.2) is 217 Å². The third-order valence-electron chi connectivity index (χ3n) is 10.5. The Morgan fingerprint density at radius 2 is 0.815 bits per heavy atom. The number of para-hydroxylation sites is 1. The SMILES string of the molecule is c1ccc(-c2ccc(N(c3ccc(-c4ccc5c(ccc6oc7cccc(-c8ccccc8)c7c65)c4)cc3)c3ccccc3-c3ccccc3)cc2)cc1. The molecule has 0 radical (unpaired) electrons. The molecular weight excluding hydrogens is 655 g/mol. The third kappa shape index (κ3) is 5.62. The minimum absolute atomic E-state index is 0.908. The molecule has 0 N–H and O–H groups in total. The lowest BCUT2D eigenvalue weighted by molar-refractivity contribution is 0.669. The zero-order valence-corrected chi connectivity index (χ0v) is 29.6. The highest BCUT2D eigenvalue weighted by atomic mass is 16.3. The third-order valence-corrected chi connectivity index (χ3v) is 10.5. The molecule has 0 bridgehead atoms. The number of hydrogen-bond donors (Lipinski definition) is 0. The first-order chi connectivity index (χ1) is 26.8. The molecule has 0 spiro atoms. The lowest BCUT2D eigenvalue weighted by Gasteiger charge is -2.28. The van der Waals surface area contributed by atoms with Crippen LogP contribution in [0.1, 0.15) is 0 Å². The van der Waals surface area contributed by atoms with Crippen molar-refractivity contribution >= 4 is 49.8 Å². The van der Waals surface area contributed by atoms with Gasteiger partial charge in [0.25, 0.3) is 0 Å². The monoisotopic (exact) mass is 689 g/mol. The quantitative estimate of drug-likeness (QED) is 0.166. The van der Waals surface area contributed by atoms with E-state index in [-0.39, 0.29) is 0 Å². The summed E-state index contributed by atoms with van der Waals surface area (Å²) in [7, 11) is 0. The second-order valence-electron chi connectivity index (χ2n) is 13.7. The Kier molecular flexibility index (Phi) is 7.85. The minimum Gasteiger partial charge on any atom is -0.456 e. The molecule has 0 atom stereocenters. The van der Waals surface area contributed by atoms with Gasteiger partial charge in [-0.05, 0) is 98.2 Å². The number of fused-ring (bicyclic) bond motifs is 5. The summed E-state index contributed by atoms with van der Waals surface area (Å²) in [6.45, 7) is 0. The fourth-order valence-corrected chi connectivity index (χ4v) is 7.88. The molecule has 0 aliphatic rings. The molecule has 0 aliphatic carbocycles. The Morgan fingerprint density at radius 1 is 0.315 bits per heavy atom. The summed E-state index contributed by atoms with van der Waals surface area (Å²) in [5, 5.41) is 4.70. The van der Waals surface area contributed by atoms with Crippen LogP contribution in [0.2, 0.25) is 0 Å². The Hall–Kier alpha value is -7.16. The molecular formula is C52H35NO. The van der Waals surface area contributed by atoms with Crippen LogP contribution in [0.25, 0.3) is 77.2 Å². The van der Waals surface area contributed by atoms with Crippen molar-refractivity contribution in [2.75, 3.05) is 4.90 Å². The van der Waals surface area contributed by atoms with E-state index in [0.29, 0.717) is 0 Å². The van der Waals surface area contributed by atoms with E-state index in [1.54, 1.807) is 0 Å². The number of furan rings is 1. The molecule has 254 valence electrons. The van der Waals surface area contributed by atoms with Crippen molar-refractivity contribution in [3.05, 3.63) is 212 Å². The zero-order chi connectivity index (χ0) is 35.8. The zero-order valence-electron chi connectivity index (χ0n) is 29.6. The minimum atomic E-state index is 0.908. The van der Waals surface area contributed by atoms with Gasteiger partial charge in [-0.2, -0.15) is 0 Å². The molecule has 54 heavy (non-hydrogen) atoms. The topological polar surface area (TPSA) is 16.4 Å². The van der Waals surface area contributed by atoms with Gasteiger partial charge < -0.3 is 9.32 Å². The number of nitrogens with zero attached hydrogens (tertiary/aromatic N) is 1. The van der Waals surface area contributed by atoms with Crippen molar-refractivity contribution in [3.8, 4) is 44.5 Å². The average Bonchev–Trinajstić information content (AvgIpc) is 3.65. The van der Waals surface area contributed by atoms with Gasteiger partial charge >= 0.3 is 0 Å². The molecule has 0 saturated heterocycles. The van der Waals surface area contributed by atoms with Crippen molar-refractivity contribution in [2.45, 2.75) is 0 Å². The second-order valence-corrected chi connectivity index (χ2v) is 13.7. The fraction of sp³-hybridized carbons (Fsp3) is 0. The van der Waals surface area contributed by atoms with E-state index < -0.39 is 0 Å². The summed E-state index contributed by atoms with van der Waals surface area (Å²) >= 11 is 0. The van der Waals surface area contributed by atoms with Gasteiger partial charge in [0.2, 0.25) is 0 Å². The van der Waals surface area contributed by atoms with Crippen LogP contribution in [0, 0.1) is 0 Å². The van der Waals surface area contributed by atoms with Crippen molar-refractivity contribution in [1.82, 2.24) is 0 Å². The standard InChI is InChI=1S/C52H35NO/c1-4-13-36(14-5-1)37-23-29-43(30-24-37)53(48-21-11-10-19-45(48)39-15-6-2-7-16-39)44-31-25-38(26-32-44)41-27-33-47-42(35-41)28-34-50-52(47)51-46(20-12-22-49(51)54-50)40-17-8-3-9-18-40/h1-35H. The Bertz CT molecular complexity index is 2890. The van der Waals surface area contributed by atoms with Crippen LogP contribution in [0.4, 0.5) is 17.1 Å². The lowest BCUT2D eigenvalue weighted by atomic mass is 9.95. The highest BCUT2D eigenvalue weighted by Crippen LogP contribution is 2.43. The van der Waals surface area contributed by atoms with Crippen LogP contribution >= 0.6 is 0 Å². The molecule has 2 heteroatoms. The van der Waals surface area contributed by atoms with Gasteiger partial charge in [-0.15, -0.1) is 0 Å². The molecule has 9 aromatic carbocycles. The van der Waals surface area contributed by atoms with Gasteiger partial charge in [-0.1, -0.05) is 164 Å². The van der Waals surface area contributed by atoms with Crippen molar-refractivity contribution < 1.29 is 4.42 Å². The van der Waals surface area contributed by atoms with Crippen molar-refractivity contribution in [2.24, 2.45) is 0 Å². The molecule has 10 rings (SSSR count). The second kappa shape index (κ2) is 13.4. The van der Waals surface area contributed by atoms with Gasteiger partial charge in [-0.3, -0.25) is 0 Å².